The van der Waals surface area contributed by atoms with Crippen molar-refractivity contribution in [2.45, 2.75) is 305 Å². The Morgan fingerprint density at radius 2 is 1.55 bits per heavy atom. The summed E-state index contributed by atoms with van der Waals surface area (Å²) in [5.41, 5.74) is -0.592. The van der Waals surface area contributed by atoms with Crippen LogP contribution in [-0.2, 0) is 47.5 Å². The second-order valence-corrected chi connectivity index (χ2v) is 24.3. The molecule has 0 aromatic rings. The van der Waals surface area contributed by atoms with E-state index in [0.717, 1.165) is 63.5 Å². The lowest BCUT2D eigenvalue weighted by Gasteiger charge is -2.50. The van der Waals surface area contributed by atoms with Gasteiger partial charge in [0.25, 0.3) is 0 Å². The largest absolute Gasteiger partial charge is 0.479 e. The van der Waals surface area contributed by atoms with Crippen LogP contribution in [0.3, 0.4) is 0 Å². The van der Waals surface area contributed by atoms with E-state index in [1.54, 1.807) is 0 Å². The number of carbonyl (C=O) groups excluding carboxylic acids is 1. The first-order chi connectivity index (χ1) is 35.4. The minimum atomic E-state index is -2.01. The quantitative estimate of drug-likeness (QED) is 0.0384. The Labute approximate surface area is 444 Å². The monoisotopic (exact) mass is 1040 g/mol. The maximum atomic E-state index is 13.5. The normalized spacial score (nSPS) is 37.6. The zero-order valence-electron chi connectivity index (χ0n) is 46.3. The van der Waals surface area contributed by atoms with Crippen LogP contribution in [-0.4, -0.2) is 123 Å². The molecule has 17 atom stereocenters. The summed E-state index contributed by atoms with van der Waals surface area (Å²) in [6.07, 6.45) is 25.6. The number of carbonyl (C=O) groups is 2. The second-order valence-electron chi connectivity index (χ2n) is 24.3. The molecule has 0 aromatic carbocycles. The van der Waals surface area contributed by atoms with Crippen LogP contribution < -0.4 is 0 Å². The number of unbranched alkanes of at least 4 members (excludes halogenated alkanes) is 12. The molecule has 7 aliphatic rings. The molecule has 0 aliphatic carbocycles. The van der Waals surface area contributed by atoms with E-state index < -0.39 is 71.7 Å². The van der Waals surface area contributed by atoms with E-state index in [0.29, 0.717) is 69.3 Å². The summed E-state index contributed by atoms with van der Waals surface area (Å²) < 4.78 is 52.6. The van der Waals surface area contributed by atoms with E-state index in [4.69, 9.17) is 37.9 Å². The topological polar surface area (TPSA) is 189 Å². The number of esters is 1. The SMILES string of the molecule is C=C1[C@@H](O)[C@@H]2O[C@]3(CC[C@H](C=C[C@@H](C)[C@@H]4CC(C)=C[C@@]5(O[C@H](C[C@@](C)(O)C(=O)O)CC[C@H]5OC(=O)CCCCCCCCCCCCCCC)O4)O3)CC[C@H]2O[C@@H]1[C@@H](O)C[C@H](C)[C@@H]1CCC[C@@]2(OCCC[C@H]2C)O1. The summed E-state index contributed by atoms with van der Waals surface area (Å²) in [6.45, 7) is 16.9. The number of hydrogen-bond acceptors (Lipinski definition) is 13. The van der Waals surface area contributed by atoms with E-state index in [9.17, 15) is 30.0 Å². The standard InChI is InChI=1S/C60H98O14/c1-8-9-10-11-12-13-14-15-16-17-18-19-20-25-52(62)69-51-29-28-46(39-57(7,66)56(64)65)71-60(51)38-40(2)36-50(73-60)41(3)26-27-45-30-33-58(70-45)34-31-49-55(74-58)53(63)44(6)54(68-49)47(61)37-42(4)48-24-21-32-59(72-48)43(5)23-22-35-67-59/h26-27,38,41-43,45-51,53-55,61,63,66H,6,8-25,28-37,39H2,1-5,7H3,(H,64,65)/t41-,42+,43-,45+,46+,47+,48+,49-,50+,51-,53-,54+,55-,57-,58-,59-,60-/m1/s1. The van der Waals surface area contributed by atoms with Crippen LogP contribution in [0.4, 0.5) is 0 Å². The molecule has 6 fully saturated rings. The molecule has 0 aromatic heterocycles. The van der Waals surface area contributed by atoms with E-state index in [2.05, 4.69) is 46.4 Å². The Balaban J connectivity index is 0.895. The van der Waals surface area contributed by atoms with Crippen LogP contribution in [0.5, 0.6) is 0 Å². The summed E-state index contributed by atoms with van der Waals surface area (Å²) >= 11 is 0. The van der Waals surface area contributed by atoms with E-state index in [1.165, 1.54) is 71.1 Å². The van der Waals surface area contributed by atoms with Gasteiger partial charge in [0.1, 0.15) is 18.3 Å². The predicted octanol–water partition coefficient (Wildman–Crippen LogP) is 11.2. The van der Waals surface area contributed by atoms with E-state index in [1.807, 2.05) is 13.0 Å². The fourth-order valence-electron chi connectivity index (χ4n) is 13.2. The molecule has 422 valence electrons. The molecule has 7 heterocycles. The van der Waals surface area contributed by atoms with Crippen molar-refractivity contribution < 1.29 is 67.9 Å². The van der Waals surface area contributed by atoms with Gasteiger partial charge in [-0.05, 0) is 102 Å². The molecule has 0 unspecified atom stereocenters. The van der Waals surface area contributed by atoms with Crippen molar-refractivity contribution in [1.29, 1.82) is 0 Å². The van der Waals surface area contributed by atoms with Gasteiger partial charge >= 0.3 is 11.9 Å². The van der Waals surface area contributed by atoms with Crippen molar-refractivity contribution in [3.05, 3.63) is 36.0 Å². The predicted molar refractivity (Wildman–Crippen MR) is 282 cm³/mol. The third-order valence-electron chi connectivity index (χ3n) is 17.8. The van der Waals surface area contributed by atoms with Gasteiger partial charge in [0.2, 0.25) is 5.79 Å². The Hall–Kier alpha value is -2.24. The molecule has 4 N–H and O–H groups in total. The van der Waals surface area contributed by atoms with Crippen molar-refractivity contribution in [3.8, 4) is 0 Å². The van der Waals surface area contributed by atoms with Gasteiger partial charge in [-0.3, -0.25) is 4.79 Å². The molecule has 0 bridgehead atoms. The molecule has 6 saturated heterocycles. The highest BCUT2D eigenvalue weighted by Gasteiger charge is 2.55. The highest BCUT2D eigenvalue weighted by atomic mass is 16.7. The van der Waals surface area contributed by atoms with Crippen molar-refractivity contribution in [3.63, 3.8) is 0 Å². The molecule has 0 saturated carbocycles. The number of fused-ring (bicyclic) bond motifs is 1. The maximum Gasteiger partial charge on any atom is 0.335 e. The van der Waals surface area contributed by atoms with Crippen molar-refractivity contribution in [2.75, 3.05) is 6.61 Å². The zero-order valence-corrected chi connectivity index (χ0v) is 46.3. The molecule has 14 heteroatoms. The number of aliphatic hydroxyl groups excluding tert-OH is 2. The van der Waals surface area contributed by atoms with Gasteiger partial charge in [-0.15, -0.1) is 0 Å². The molecule has 74 heavy (non-hydrogen) atoms. The van der Waals surface area contributed by atoms with Crippen molar-refractivity contribution in [2.24, 2.45) is 17.8 Å². The molecule has 7 aliphatic heterocycles. The Morgan fingerprint density at radius 3 is 2.24 bits per heavy atom. The summed E-state index contributed by atoms with van der Waals surface area (Å²) in [5, 5.41) is 43.8. The molecule has 3 spiro atoms. The highest BCUT2D eigenvalue weighted by molar-refractivity contribution is 5.76. The average molecular weight is 1040 g/mol. The minimum Gasteiger partial charge on any atom is -0.479 e. The van der Waals surface area contributed by atoms with Crippen LogP contribution in [0.25, 0.3) is 0 Å². The Kier molecular flexibility index (Phi) is 21.7. The molecular formula is C60H98O14. The van der Waals surface area contributed by atoms with Crippen LogP contribution in [0.2, 0.25) is 0 Å². The first-order valence-electron chi connectivity index (χ1n) is 29.6. The number of hydrogen-bond donors (Lipinski definition) is 4. The highest BCUT2D eigenvalue weighted by Crippen LogP contribution is 2.48. The van der Waals surface area contributed by atoms with Gasteiger partial charge in [0.05, 0.1) is 43.2 Å². The van der Waals surface area contributed by atoms with Crippen molar-refractivity contribution in [1.82, 2.24) is 0 Å². The van der Waals surface area contributed by atoms with Crippen LogP contribution in [0, 0.1) is 17.8 Å². The first kappa shape index (κ1) is 59.4. The number of carboxylic acids is 1. The van der Waals surface area contributed by atoms with Crippen LogP contribution in [0.1, 0.15) is 221 Å². The average Bonchev–Trinajstić information content (AvgIpc) is 3.76. The van der Waals surface area contributed by atoms with Gasteiger partial charge in [-0.1, -0.05) is 129 Å². The first-order valence-corrected chi connectivity index (χ1v) is 29.6. The number of aliphatic hydroxyl groups is 3. The summed E-state index contributed by atoms with van der Waals surface area (Å²) in [6, 6.07) is 0. The molecule has 0 amide bonds. The van der Waals surface area contributed by atoms with Gasteiger partial charge in [-0.25, -0.2) is 4.79 Å². The summed E-state index contributed by atoms with van der Waals surface area (Å²) in [5.74, 6) is -4.26. The van der Waals surface area contributed by atoms with E-state index >= 15 is 0 Å². The lowest BCUT2D eigenvalue weighted by molar-refractivity contribution is -0.326. The smallest absolute Gasteiger partial charge is 0.335 e. The molecule has 0 radical (unpaired) electrons. The van der Waals surface area contributed by atoms with Gasteiger partial charge in [0, 0.05) is 43.9 Å². The third-order valence-corrected chi connectivity index (χ3v) is 17.8. The molecule has 7 rings (SSSR count). The van der Waals surface area contributed by atoms with Crippen LogP contribution in [0.15, 0.2) is 36.0 Å². The maximum absolute atomic E-state index is 13.5. The number of aliphatic carboxylic acids is 1. The third kappa shape index (κ3) is 15.3. The van der Waals surface area contributed by atoms with Crippen LogP contribution >= 0.6 is 0 Å². The number of rotatable bonds is 25. The lowest BCUT2D eigenvalue weighted by atomic mass is 9.81. The number of ether oxygens (including phenoxy) is 8. The zero-order chi connectivity index (χ0) is 53.1. The Bertz CT molecular complexity index is 1860. The lowest BCUT2D eigenvalue weighted by Crippen LogP contribution is -2.60. The van der Waals surface area contributed by atoms with E-state index in [-0.39, 0.29) is 42.5 Å². The fourth-order valence-corrected chi connectivity index (χ4v) is 13.2. The summed E-state index contributed by atoms with van der Waals surface area (Å²) in [4.78, 5) is 25.4. The molecular weight excluding hydrogens is 945 g/mol. The second kappa shape index (κ2) is 27.1. The van der Waals surface area contributed by atoms with Gasteiger partial charge in [-0.2, -0.15) is 0 Å². The minimum absolute atomic E-state index is 0.0360. The van der Waals surface area contributed by atoms with Crippen molar-refractivity contribution >= 4 is 11.9 Å². The van der Waals surface area contributed by atoms with Gasteiger partial charge in [0.15, 0.2) is 23.3 Å². The number of carboxylic acid groups (broad SMARTS) is 1. The summed E-state index contributed by atoms with van der Waals surface area (Å²) in [7, 11) is 0. The molecule has 14 nitrogen and oxygen atoms in total. The van der Waals surface area contributed by atoms with Gasteiger partial charge < -0.3 is 58.3 Å². The fraction of sp³-hybridized carbons (Fsp3) is 0.867. The Morgan fingerprint density at radius 1 is 0.865 bits per heavy atom.